The van der Waals surface area contributed by atoms with Crippen LogP contribution in [0.15, 0.2) is 29.4 Å². The topological polar surface area (TPSA) is 96.8 Å². The van der Waals surface area contributed by atoms with Crippen molar-refractivity contribution in [3.05, 3.63) is 40.4 Å². The van der Waals surface area contributed by atoms with Crippen LogP contribution in [0, 0.1) is 6.92 Å². The van der Waals surface area contributed by atoms with E-state index in [1.807, 2.05) is 17.0 Å². The number of likely N-dealkylation sites (tertiary alicyclic amines) is 1. The molecule has 8 nitrogen and oxygen atoms in total. The highest BCUT2D eigenvalue weighted by Crippen LogP contribution is 2.17. The fraction of sp³-hybridized carbons (Fsp3) is 0.353. The molecule has 26 heavy (non-hydrogen) atoms. The van der Waals surface area contributed by atoms with Gasteiger partial charge in [-0.15, -0.1) is 5.10 Å². The van der Waals surface area contributed by atoms with Crippen LogP contribution in [-0.2, 0) is 4.79 Å². The monoisotopic (exact) mass is 373 g/mol. The van der Waals surface area contributed by atoms with E-state index in [1.165, 1.54) is 6.21 Å². The number of aryl methyl sites for hydroxylation is 1. The standard InChI is InChI=1S/C17H19N5O3S/c1-12-16(26-21-19-12)17(24)20-18-10-13-6-2-3-7-14(13)25-11-15(23)22-8-4-5-9-22/h2-3,6-7,10H,4-5,8-9,11H2,1H3,(H,20,24)/b18-10-. The molecule has 9 heteroatoms. The van der Waals surface area contributed by atoms with Crippen LogP contribution in [0.3, 0.4) is 0 Å². The maximum atomic E-state index is 12.1. The average Bonchev–Trinajstić information content (AvgIpc) is 3.32. The van der Waals surface area contributed by atoms with Crippen molar-refractivity contribution in [2.75, 3.05) is 19.7 Å². The van der Waals surface area contributed by atoms with Crippen LogP contribution in [0.25, 0.3) is 0 Å². The first-order valence-electron chi connectivity index (χ1n) is 8.27. The Hall–Kier alpha value is -2.81. The average molecular weight is 373 g/mol. The molecule has 2 aromatic rings. The summed E-state index contributed by atoms with van der Waals surface area (Å²) in [7, 11) is 0. The van der Waals surface area contributed by atoms with E-state index in [-0.39, 0.29) is 18.4 Å². The number of ether oxygens (including phenoxy) is 1. The number of benzene rings is 1. The summed E-state index contributed by atoms with van der Waals surface area (Å²) in [5, 5.41) is 7.75. The van der Waals surface area contributed by atoms with E-state index in [0.717, 1.165) is 37.5 Å². The minimum atomic E-state index is -0.364. The highest BCUT2D eigenvalue weighted by molar-refractivity contribution is 7.07. The van der Waals surface area contributed by atoms with Gasteiger partial charge < -0.3 is 9.64 Å². The normalized spacial score (nSPS) is 14.0. The van der Waals surface area contributed by atoms with Crippen LogP contribution < -0.4 is 10.2 Å². The number of nitrogens with zero attached hydrogens (tertiary/aromatic N) is 4. The number of rotatable bonds is 6. The lowest BCUT2D eigenvalue weighted by molar-refractivity contribution is -0.132. The Kier molecular flexibility index (Phi) is 5.90. The number of hydrogen-bond donors (Lipinski definition) is 1. The van der Waals surface area contributed by atoms with Gasteiger partial charge in [-0.3, -0.25) is 9.59 Å². The van der Waals surface area contributed by atoms with Crippen molar-refractivity contribution in [3.8, 4) is 5.75 Å². The molecule has 0 spiro atoms. The number of para-hydroxylation sites is 1. The highest BCUT2D eigenvalue weighted by atomic mass is 32.1. The van der Waals surface area contributed by atoms with Crippen molar-refractivity contribution in [3.63, 3.8) is 0 Å². The van der Waals surface area contributed by atoms with Gasteiger partial charge in [0.15, 0.2) is 6.61 Å². The summed E-state index contributed by atoms with van der Waals surface area (Å²) in [4.78, 5) is 26.3. The molecule has 0 atom stereocenters. The summed E-state index contributed by atoms with van der Waals surface area (Å²) in [5.41, 5.74) is 3.67. The molecule has 0 bridgehead atoms. The van der Waals surface area contributed by atoms with E-state index < -0.39 is 0 Å². The van der Waals surface area contributed by atoms with Crippen LogP contribution in [0.4, 0.5) is 0 Å². The van der Waals surface area contributed by atoms with E-state index in [0.29, 0.717) is 21.9 Å². The van der Waals surface area contributed by atoms with Crippen molar-refractivity contribution in [2.24, 2.45) is 5.10 Å². The lowest BCUT2D eigenvalue weighted by Gasteiger charge is -2.16. The molecule has 1 aliphatic heterocycles. The van der Waals surface area contributed by atoms with Gasteiger partial charge in [0.2, 0.25) is 0 Å². The van der Waals surface area contributed by atoms with Crippen LogP contribution in [0.5, 0.6) is 5.75 Å². The predicted molar refractivity (Wildman–Crippen MR) is 97.5 cm³/mol. The van der Waals surface area contributed by atoms with Crippen LogP contribution in [0.2, 0.25) is 0 Å². The third kappa shape index (κ3) is 4.42. The van der Waals surface area contributed by atoms with Gasteiger partial charge in [-0.05, 0) is 43.4 Å². The molecule has 1 saturated heterocycles. The zero-order valence-electron chi connectivity index (χ0n) is 14.3. The fourth-order valence-electron chi connectivity index (χ4n) is 2.57. The van der Waals surface area contributed by atoms with Crippen molar-refractivity contribution < 1.29 is 14.3 Å². The van der Waals surface area contributed by atoms with Crippen molar-refractivity contribution in [1.29, 1.82) is 0 Å². The zero-order chi connectivity index (χ0) is 18.4. The fourth-order valence-corrected chi connectivity index (χ4v) is 3.11. The third-order valence-electron chi connectivity index (χ3n) is 3.96. The molecule has 3 rings (SSSR count). The van der Waals surface area contributed by atoms with Crippen molar-refractivity contribution >= 4 is 29.6 Å². The van der Waals surface area contributed by atoms with Gasteiger partial charge in [0.05, 0.1) is 11.9 Å². The summed E-state index contributed by atoms with van der Waals surface area (Å²) >= 11 is 1.02. The van der Waals surface area contributed by atoms with Gasteiger partial charge in [0, 0.05) is 18.7 Å². The van der Waals surface area contributed by atoms with Gasteiger partial charge in [0.1, 0.15) is 10.6 Å². The highest BCUT2D eigenvalue weighted by Gasteiger charge is 2.18. The lowest BCUT2D eigenvalue weighted by atomic mass is 10.2. The summed E-state index contributed by atoms with van der Waals surface area (Å²) in [6.07, 6.45) is 3.57. The molecule has 0 saturated carbocycles. The SMILES string of the molecule is Cc1nnsc1C(=O)N/N=C\c1ccccc1OCC(=O)N1CCCC1. The molecular formula is C17H19N5O3S. The number of amides is 2. The predicted octanol–water partition coefficient (Wildman–Crippen LogP) is 1.61. The first-order chi connectivity index (χ1) is 12.6. The summed E-state index contributed by atoms with van der Waals surface area (Å²) < 4.78 is 9.37. The van der Waals surface area contributed by atoms with Crippen LogP contribution in [-0.4, -0.2) is 52.2 Å². The Morgan fingerprint density at radius 1 is 1.35 bits per heavy atom. The molecule has 1 fully saturated rings. The Labute approximate surface area is 155 Å². The number of nitrogens with one attached hydrogen (secondary N) is 1. The van der Waals surface area contributed by atoms with E-state index >= 15 is 0 Å². The smallest absolute Gasteiger partial charge is 0.285 e. The second kappa shape index (κ2) is 8.52. The summed E-state index contributed by atoms with van der Waals surface area (Å²) in [5.74, 6) is 0.153. The lowest BCUT2D eigenvalue weighted by Crippen LogP contribution is -2.32. The van der Waals surface area contributed by atoms with Gasteiger partial charge in [-0.25, -0.2) is 5.43 Å². The number of carbonyl (C=O) groups excluding carboxylic acids is 2. The Balaban J connectivity index is 1.58. The molecule has 1 aromatic carbocycles. The van der Waals surface area contributed by atoms with Crippen LogP contribution >= 0.6 is 11.5 Å². The maximum Gasteiger partial charge on any atom is 0.285 e. The third-order valence-corrected chi connectivity index (χ3v) is 4.78. The molecule has 136 valence electrons. The molecule has 1 aliphatic rings. The molecule has 2 heterocycles. The number of aromatic nitrogens is 2. The maximum absolute atomic E-state index is 12.1. The molecule has 1 N–H and O–H groups in total. The molecule has 0 unspecified atom stereocenters. The van der Waals surface area contributed by atoms with E-state index in [4.69, 9.17) is 4.74 Å². The Bertz CT molecular complexity index is 814. The summed E-state index contributed by atoms with van der Waals surface area (Å²) in [6, 6.07) is 7.20. The molecule has 2 amide bonds. The van der Waals surface area contributed by atoms with E-state index in [9.17, 15) is 9.59 Å². The molecule has 0 radical (unpaired) electrons. The summed E-state index contributed by atoms with van der Waals surface area (Å²) in [6.45, 7) is 3.29. The zero-order valence-corrected chi connectivity index (χ0v) is 15.2. The minimum absolute atomic E-state index is 0.0110. The van der Waals surface area contributed by atoms with Crippen molar-refractivity contribution in [2.45, 2.75) is 19.8 Å². The molecule has 1 aromatic heterocycles. The Morgan fingerprint density at radius 2 is 2.12 bits per heavy atom. The van der Waals surface area contributed by atoms with Crippen molar-refractivity contribution in [1.82, 2.24) is 19.9 Å². The van der Waals surface area contributed by atoms with Gasteiger partial charge >= 0.3 is 0 Å². The minimum Gasteiger partial charge on any atom is -0.483 e. The molecular weight excluding hydrogens is 354 g/mol. The van der Waals surface area contributed by atoms with E-state index in [2.05, 4.69) is 20.1 Å². The van der Waals surface area contributed by atoms with Gasteiger partial charge in [-0.2, -0.15) is 5.10 Å². The molecule has 0 aliphatic carbocycles. The van der Waals surface area contributed by atoms with Gasteiger partial charge in [-0.1, -0.05) is 16.6 Å². The number of carbonyl (C=O) groups is 2. The van der Waals surface area contributed by atoms with Gasteiger partial charge in [0.25, 0.3) is 11.8 Å². The number of hydrogen-bond acceptors (Lipinski definition) is 7. The van der Waals surface area contributed by atoms with Crippen LogP contribution in [0.1, 0.15) is 33.8 Å². The second-order valence-corrected chi connectivity index (χ2v) is 6.56. The second-order valence-electron chi connectivity index (χ2n) is 5.80. The quantitative estimate of drug-likeness (QED) is 0.613. The first kappa shape index (κ1) is 18.0. The first-order valence-corrected chi connectivity index (χ1v) is 9.04. The van der Waals surface area contributed by atoms with E-state index in [1.54, 1.807) is 19.1 Å². The Morgan fingerprint density at radius 3 is 2.85 bits per heavy atom. The number of hydrazone groups is 1. The largest absolute Gasteiger partial charge is 0.483 e.